The number of likely N-dealkylation sites (N-methyl/N-ethyl adjacent to an activating group) is 1. The van der Waals surface area contributed by atoms with E-state index in [2.05, 4.69) is 36.6 Å². The van der Waals surface area contributed by atoms with E-state index in [1.54, 1.807) is 16.9 Å². The number of aromatic nitrogens is 4. The van der Waals surface area contributed by atoms with Gasteiger partial charge < -0.3 is 14.5 Å². The van der Waals surface area contributed by atoms with Gasteiger partial charge in [0.25, 0.3) is 5.88 Å². The first-order chi connectivity index (χ1) is 17.9. The van der Waals surface area contributed by atoms with Crippen LogP contribution in [-0.4, -0.2) is 57.9 Å². The standard InChI is InChI=1S/C26H27ClFN7OS/c1-17-7-4-5-8-19(17)24-23(28)25(31-26(30-24)32-37-18-15-29-34(3)16-18)36-21-10-6-9-20(22(21)27)35-13-11-33(2)12-14-35/h4-10,15-16H,11-14H2,1-3H3,(H,30,31,32). The molecule has 2 aromatic carbocycles. The van der Waals surface area contributed by atoms with Gasteiger partial charge in [-0.2, -0.15) is 14.5 Å². The summed E-state index contributed by atoms with van der Waals surface area (Å²) in [6, 6.07) is 13.0. The number of nitrogens with one attached hydrogen (secondary N) is 1. The average molecular weight is 540 g/mol. The molecule has 1 aliphatic heterocycles. The summed E-state index contributed by atoms with van der Waals surface area (Å²) in [7, 11) is 3.93. The van der Waals surface area contributed by atoms with Crippen LogP contribution in [0.5, 0.6) is 11.6 Å². The topological polar surface area (TPSA) is 71.3 Å². The van der Waals surface area contributed by atoms with Crippen molar-refractivity contribution in [1.29, 1.82) is 0 Å². The number of nitrogens with zero attached hydrogens (tertiary/aromatic N) is 6. The molecular formula is C26H27ClFN7OS. The van der Waals surface area contributed by atoms with Gasteiger partial charge in [-0.05, 0) is 43.6 Å². The Kier molecular flexibility index (Phi) is 7.50. The van der Waals surface area contributed by atoms with Gasteiger partial charge in [-0.25, -0.2) is 4.98 Å². The maximum Gasteiger partial charge on any atom is 0.261 e. The van der Waals surface area contributed by atoms with Crippen LogP contribution in [0.2, 0.25) is 5.02 Å². The lowest BCUT2D eigenvalue weighted by Gasteiger charge is -2.34. The molecule has 2 aromatic heterocycles. The van der Waals surface area contributed by atoms with Crippen molar-refractivity contribution >= 4 is 35.2 Å². The number of benzene rings is 2. The molecule has 0 atom stereocenters. The van der Waals surface area contributed by atoms with E-state index in [9.17, 15) is 0 Å². The molecule has 0 aliphatic carbocycles. The Hall–Kier alpha value is -3.34. The Bertz CT molecular complexity index is 1410. The van der Waals surface area contributed by atoms with Gasteiger partial charge in [-0.15, -0.1) is 0 Å². The third-order valence-corrected chi connectivity index (χ3v) is 7.27. The van der Waals surface area contributed by atoms with Crippen LogP contribution < -0.4 is 14.4 Å². The van der Waals surface area contributed by atoms with E-state index in [4.69, 9.17) is 16.3 Å². The molecule has 0 saturated carbocycles. The van der Waals surface area contributed by atoms with Crippen LogP contribution in [-0.2, 0) is 7.05 Å². The maximum atomic E-state index is 15.8. The Labute approximate surface area is 224 Å². The second-order valence-electron chi connectivity index (χ2n) is 8.87. The molecular weight excluding hydrogens is 513 g/mol. The van der Waals surface area contributed by atoms with Crippen molar-refractivity contribution in [2.24, 2.45) is 7.05 Å². The SMILES string of the molecule is Cc1ccccc1-c1nc(NSc2cnn(C)c2)nc(Oc2cccc(N3CCN(C)CC3)c2Cl)c1F. The van der Waals surface area contributed by atoms with Gasteiger partial charge >= 0.3 is 0 Å². The fourth-order valence-corrected chi connectivity index (χ4v) is 4.98. The van der Waals surface area contributed by atoms with Gasteiger partial charge in [0.05, 0.1) is 16.8 Å². The monoisotopic (exact) mass is 539 g/mol. The molecule has 1 fully saturated rings. The highest BCUT2D eigenvalue weighted by Gasteiger charge is 2.23. The summed E-state index contributed by atoms with van der Waals surface area (Å²) in [4.78, 5) is 14.2. The minimum atomic E-state index is -0.660. The van der Waals surface area contributed by atoms with Gasteiger partial charge in [-0.1, -0.05) is 41.9 Å². The molecule has 1 N–H and O–H groups in total. The van der Waals surface area contributed by atoms with Crippen LogP contribution in [0.4, 0.5) is 16.0 Å². The first-order valence-electron chi connectivity index (χ1n) is 11.8. The zero-order valence-electron chi connectivity index (χ0n) is 20.8. The lowest BCUT2D eigenvalue weighted by atomic mass is 10.1. The molecule has 0 radical (unpaired) electrons. The zero-order valence-corrected chi connectivity index (χ0v) is 22.4. The van der Waals surface area contributed by atoms with Crippen molar-refractivity contribution in [3.8, 4) is 22.9 Å². The Morgan fingerprint density at radius 1 is 1.03 bits per heavy atom. The van der Waals surface area contributed by atoms with Crippen LogP contribution in [0.15, 0.2) is 59.8 Å². The second-order valence-corrected chi connectivity index (χ2v) is 10.1. The van der Waals surface area contributed by atoms with Crippen LogP contribution >= 0.6 is 23.5 Å². The van der Waals surface area contributed by atoms with E-state index in [0.717, 1.165) is 42.3 Å². The number of ether oxygens (including phenoxy) is 1. The molecule has 0 unspecified atom stereocenters. The quantitative estimate of drug-likeness (QED) is 0.302. The summed E-state index contributed by atoms with van der Waals surface area (Å²) in [6.45, 7) is 5.47. The molecule has 4 aromatic rings. The Morgan fingerprint density at radius 3 is 2.54 bits per heavy atom. The maximum absolute atomic E-state index is 15.8. The molecule has 0 bridgehead atoms. The molecule has 8 nitrogen and oxygen atoms in total. The number of hydrogen-bond donors (Lipinski definition) is 1. The van der Waals surface area contributed by atoms with E-state index in [1.165, 1.54) is 11.9 Å². The summed E-state index contributed by atoms with van der Waals surface area (Å²) < 4.78 is 26.7. The number of hydrogen-bond acceptors (Lipinski definition) is 8. The second kappa shape index (κ2) is 11.0. The van der Waals surface area contributed by atoms with Crippen molar-refractivity contribution in [1.82, 2.24) is 24.6 Å². The van der Waals surface area contributed by atoms with Crippen molar-refractivity contribution in [3.63, 3.8) is 0 Å². The van der Waals surface area contributed by atoms with E-state index in [1.807, 2.05) is 56.6 Å². The third-order valence-electron chi connectivity index (χ3n) is 6.16. The molecule has 37 heavy (non-hydrogen) atoms. The van der Waals surface area contributed by atoms with Crippen LogP contribution in [0, 0.1) is 12.7 Å². The van der Waals surface area contributed by atoms with E-state index >= 15 is 4.39 Å². The number of aryl methyl sites for hydroxylation is 2. The predicted octanol–water partition coefficient (Wildman–Crippen LogP) is 5.64. The summed E-state index contributed by atoms with van der Waals surface area (Å²) in [5.41, 5.74) is 2.53. The summed E-state index contributed by atoms with van der Waals surface area (Å²) in [6.07, 6.45) is 3.56. The highest BCUT2D eigenvalue weighted by Crippen LogP contribution is 2.39. The summed E-state index contributed by atoms with van der Waals surface area (Å²) in [5.74, 6) is -0.334. The predicted molar refractivity (Wildman–Crippen MR) is 146 cm³/mol. The van der Waals surface area contributed by atoms with Crippen molar-refractivity contribution in [2.45, 2.75) is 11.8 Å². The number of rotatable bonds is 7. The smallest absolute Gasteiger partial charge is 0.261 e. The average Bonchev–Trinajstić information content (AvgIpc) is 3.31. The first-order valence-corrected chi connectivity index (χ1v) is 13.0. The lowest BCUT2D eigenvalue weighted by molar-refractivity contribution is 0.312. The fourth-order valence-electron chi connectivity index (χ4n) is 4.09. The van der Waals surface area contributed by atoms with Gasteiger partial charge in [0.2, 0.25) is 11.8 Å². The van der Waals surface area contributed by atoms with Crippen molar-refractivity contribution < 1.29 is 9.13 Å². The van der Waals surface area contributed by atoms with Crippen LogP contribution in [0.1, 0.15) is 5.56 Å². The molecule has 1 saturated heterocycles. The number of halogens is 2. The van der Waals surface area contributed by atoms with Crippen molar-refractivity contribution in [3.05, 3.63) is 71.3 Å². The fraction of sp³-hybridized carbons (Fsp3) is 0.269. The molecule has 5 rings (SSSR count). The lowest BCUT2D eigenvalue weighted by Crippen LogP contribution is -2.44. The molecule has 0 spiro atoms. The van der Waals surface area contributed by atoms with Gasteiger partial charge in [0.1, 0.15) is 16.5 Å². The van der Waals surface area contributed by atoms with Crippen LogP contribution in [0.25, 0.3) is 11.3 Å². The highest BCUT2D eigenvalue weighted by molar-refractivity contribution is 8.00. The summed E-state index contributed by atoms with van der Waals surface area (Å²) >= 11 is 8.05. The largest absolute Gasteiger partial charge is 0.435 e. The Balaban J connectivity index is 1.50. The van der Waals surface area contributed by atoms with Crippen LogP contribution in [0.3, 0.4) is 0 Å². The first kappa shape index (κ1) is 25.3. The van der Waals surface area contributed by atoms with E-state index in [-0.39, 0.29) is 17.5 Å². The normalized spacial score (nSPS) is 14.1. The molecule has 3 heterocycles. The molecule has 1 aliphatic rings. The molecule has 192 valence electrons. The number of piperazine rings is 1. The minimum Gasteiger partial charge on any atom is -0.435 e. The molecule has 11 heteroatoms. The van der Waals surface area contributed by atoms with E-state index < -0.39 is 5.82 Å². The Morgan fingerprint density at radius 2 is 1.81 bits per heavy atom. The van der Waals surface area contributed by atoms with Gasteiger partial charge in [0, 0.05) is 45.0 Å². The third kappa shape index (κ3) is 5.66. The minimum absolute atomic E-state index is 0.142. The molecule has 0 amide bonds. The highest BCUT2D eigenvalue weighted by atomic mass is 35.5. The van der Waals surface area contributed by atoms with Crippen molar-refractivity contribution in [2.75, 3.05) is 42.8 Å². The van der Waals surface area contributed by atoms with Gasteiger partial charge in [-0.3, -0.25) is 9.40 Å². The van der Waals surface area contributed by atoms with E-state index in [0.29, 0.717) is 16.3 Å². The van der Waals surface area contributed by atoms with Gasteiger partial charge in [0.15, 0.2) is 0 Å². The zero-order chi connectivity index (χ0) is 25.9. The summed E-state index contributed by atoms with van der Waals surface area (Å²) in [5, 5.41) is 4.58. The number of anilines is 2.